The Morgan fingerprint density at radius 3 is 1.95 bits per heavy atom. The molecule has 0 bridgehead atoms. The lowest BCUT2D eigenvalue weighted by Gasteiger charge is -2.23. The molecule has 0 unspecified atom stereocenters. The van der Waals surface area contributed by atoms with Crippen molar-refractivity contribution in [3.05, 3.63) is 0 Å². The zero-order chi connectivity index (χ0) is 15.8. The molecule has 5 nitrogen and oxygen atoms in total. The highest BCUT2D eigenvalue weighted by molar-refractivity contribution is 5.76. The molecule has 0 aromatic heterocycles. The first kappa shape index (κ1) is 18.9. The maximum atomic E-state index is 11.8. The second kappa shape index (κ2) is 8.25. The van der Waals surface area contributed by atoms with Gasteiger partial charge in [-0.2, -0.15) is 0 Å². The van der Waals surface area contributed by atoms with Crippen LogP contribution in [0.1, 0.15) is 53.9 Å². The lowest BCUT2D eigenvalue weighted by molar-refractivity contribution is -0.156. The smallest absolute Gasteiger partial charge is 0.311 e. The van der Waals surface area contributed by atoms with E-state index in [1.54, 1.807) is 13.8 Å². The molecular weight excluding hydrogens is 260 g/mol. The highest BCUT2D eigenvalue weighted by Crippen LogP contribution is 2.25. The number of rotatable bonds is 9. The summed E-state index contributed by atoms with van der Waals surface area (Å²) >= 11 is 0. The van der Waals surface area contributed by atoms with E-state index in [2.05, 4.69) is 0 Å². The van der Waals surface area contributed by atoms with Crippen LogP contribution in [0.25, 0.3) is 0 Å². The van der Waals surface area contributed by atoms with Crippen LogP contribution in [0.15, 0.2) is 0 Å². The van der Waals surface area contributed by atoms with Crippen LogP contribution in [0.2, 0.25) is 0 Å². The SMILES string of the molecule is CCC(C)(C)C(=O)OCCCC(C)(C)C(=O)OCCO. The molecule has 0 aliphatic carbocycles. The zero-order valence-corrected chi connectivity index (χ0v) is 13.3. The molecule has 0 heterocycles. The topological polar surface area (TPSA) is 72.8 Å². The van der Waals surface area contributed by atoms with Crippen molar-refractivity contribution in [3.63, 3.8) is 0 Å². The minimum absolute atomic E-state index is 0.0158. The van der Waals surface area contributed by atoms with Gasteiger partial charge in [0.1, 0.15) is 6.61 Å². The standard InChI is InChI=1S/C15H28O5/c1-6-14(2,3)12(17)19-10-7-8-15(4,5)13(18)20-11-9-16/h16H,6-11H2,1-5H3. The van der Waals surface area contributed by atoms with Gasteiger partial charge in [-0.25, -0.2) is 0 Å². The lowest BCUT2D eigenvalue weighted by atomic mass is 9.88. The predicted molar refractivity (Wildman–Crippen MR) is 76.1 cm³/mol. The van der Waals surface area contributed by atoms with E-state index in [-0.39, 0.29) is 25.2 Å². The highest BCUT2D eigenvalue weighted by atomic mass is 16.5. The van der Waals surface area contributed by atoms with E-state index in [1.165, 1.54) is 0 Å². The Balaban J connectivity index is 4.05. The Bertz CT molecular complexity index is 320. The van der Waals surface area contributed by atoms with Gasteiger partial charge in [0.2, 0.25) is 0 Å². The van der Waals surface area contributed by atoms with Crippen LogP contribution in [0.4, 0.5) is 0 Å². The number of hydrogen-bond acceptors (Lipinski definition) is 5. The summed E-state index contributed by atoms with van der Waals surface area (Å²) in [6, 6.07) is 0. The molecule has 0 aromatic rings. The molecule has 20 heavy (non-hydrogen) atoms. The first-order chi connectivity index (χ1) is 9.17. The molecule has 0 saturated carbocycles. The van der Waals surface area contributed by atoms with Crippen molar-refractivity contribution in [3.8, 4) is 0 Å². The van der Waals surface area contributed by atoms with Crippen molar-refractivity contribution >= 4 is 11.9 Å². The second-order valence-corrected chi connectivity index (χ2v) is 6.22. The summed E-state index contributed by atoms with van der Waals surface area (Å²) < 4.78 is 10.1. The Labute approximate surface area is 121 Å². The van der Waals surface area contributed by atoms with Gasteiger partial charge >= 0.3 is 11.9 Å². The molecule has 0 spiro atoms. The van der Waals surface area contributed by atoms with Crippen molar-refractivity contribution in [2.24, 2.45) is 10.8 Å². The third kappa shape index (κ3) is 6.37. The van der Waals surface area contributed by atoms with Gasteiger partial charge in [0.15, 0.2) is 0 Å². The van der Waals surface area contributed by atoms with Crippen LogP contribution in [-0.2, 0) is 19.1 Å². The molecular formula is C15H28O5. The van der Waals surface area contributed by atoms with Gasteiger partial charge in [0.05, 0.1) is 24.0 Å². The van der Waals surface area contributed by atoms with Crippen LogP contribution in [0.5, 0.6) is 0 Å². The molecule has 1 N–H and O–H groups in total. The molecule has 0 aromatic carbocycles. The van der Waals surface area contributed by atoms with Crippen molar-refractivity contribution < 1.29 is 24.2 Å². The number of hydrogen-bond donors (Lipinski definition) is 1. The molecule has 0 rings (SSSR count). The van der Waals surface area contributed by atoms with Crippen LogP contribution < -0.4 is 0 Å². The monoisotopic (exact) mass is 288 g/mol. The minimum Gasteiger partial charge on any atom is -0.465 e. The van der Waals surface area contributed by atoms with E-state index in [0.29, 0.717) is 19.4 Å². The van der Waals surface area contributed by atoms with Gasteiger partial charge in [0.25, 0.3) is 0 Å². The third-order valence-corrected chi connectivity index (χ3v) is 3.49. The van der Waals surface area contributed by atoms with E-state index < -0.39 is 10.8 Å². The number of carbonyl (C=O) groups is 2. The molecule has 0 aliphatic heterocycles. The lowest BCUT2D eigenvalue weighted by Crippen LogP contribution is -2.29. The fourth-order valence-corrected chi connectivity index (χ4v) is 1.45. The van der Waals surface area contributed by atoms with Gasteiger partial charge in [-0.05, 0) is 47.0 Å². The summed E-state index contributed by atoms with van der Waals surface area (Å²) in [5, 5.41) is 8.62. The molecule has 0 atom stereocenters. The summed E-state index contributed by atoms with van der Waals surface area (Å²) in [7, 11) is 0. The van der Waals surface area contributed by atoms with Crippen LogP contribution in [0.3, 0.4) is 0 Å². The van der Waals surface area contributed by atoms with E-state index in [0.717, 1.165) is 6.42 Å². The normalized spacial score (nSPS) is 12.1. The van der Waals surface area contributed by atoms with Crippen LogP contribution >= 0.6 is 0 Å². The summed E-state index contributed by atoms with van der Waals surface area (Å²) in [5.41, 5.74) is -1.10. The second-order valence-electron chi connectivity index (χ2n) is 6.22. The van der Waals surface area contributed by atoms with Crippen molar-refractivity contribution in [2.45, 2.75) is 53.9 Å². The number of carbonyl (C=O) groups excluding carboxylic acids is 2. The van der Waals surface area contributed by atoms with Crippen molar-refractivity contribution in [1.82, 2.24) is 0 Å². The maximum Gasteiger partial charge on any atom is 0.311 e. The summed E-state index contributed by atoms with van der Waals surface area (Å²) in [4.78, 5) is 23.5. The van der Waals surface area contributed by atoms with Crippen LogP contribution in [0, 0.1) is 10.8 Å². The Kier molecular flexibility index (Phi) is 7.79. The summed E-state index contributed by atoms with van der Waals surface area (Å²) in [6.07, 6.45) is 1.90. The van der Waals surface area contributed by atoms with Gasteiger partial charge in [-0.15, -0.1) is 0 Å². The molecule has 0 amide bonds. The molecule has 0 aliphatic rings. The van der Waals surface area contributed by atoms with E-state index in [1.807, 2.05) is 20.8 Å². The third-order valence-electron chi connectivity index (χ3n) is 3.49. The predicted octanol–water partition coefficient (Wildman–Crippen LogP) is 2.31. The van der Waals surface area contributed by atoms with Gasteiger partial charge in [-0.3, -0.25) is 9.59 Å². The minimum atomic E-state index is -0.637. The molecule has 5 heteroatoms. The number of aliphatic hydroxyl groups excluding tert-OH is 1. The largest absolute Gasteiger partial charge is 0.465 e. The number of esters is 2. The van der Waals surface area contributed by atoms with E-state index in [9.17, 15) is 9.59 Å². The van der Waals surface area contributed by atoms with Gasteiger partial charge in [-0.1, -0.05) is 6.92 Å². The first-order valence-electron chi connectivity index (χ1n) is 7.12. The van der Waals surface area contributed by atoms with Gasteiger partial charge in [0, 0.05) is 0 Å². The highest BCUT2D eigenvalue weighted by Gasteiger charge is 2.30. The molecule has 0 fully saturated rings. The molecule has 118 valence electrons. The average Bonchev–Trinajstić information content (AvgIpc) is 2.40. The Morgan fingerprint density at radius 2 is 1.45 bits per heavy atom. The summed E-state index contributed by atoms with van der Waals surface area (Å²) in [6.45, 7) is 9.36. The Hall–Kier alpha value is -1.10. The number of ether oxygens (including phenoxy) is 2. The molecule has 0 saturated heterocycles. The zero-order valence-electron chi connectivity index (χ0n) is 13.3. The van der Waals surface area contributed by atoms with Crippen molar-refractivity contribution in [2.75, 3.05) is 19.8 Å². The fourth-order valence-electron chi connectivity index (χ4n) is 1.45. The number of aliphatic hydroxyl groups is 1. The van der Waals surface area contributed by atoms with E-state index in [4.69, 9.17) is 14.6 Å². The van der Waals surface area contributed by atoms with Crippen molar-refractivity contribution in [1.29, 1.82) is 0 Å². The fraction of sp³-hybridized carbons (Fsp3) is 0.867. The van der Waals surface area contributed by atoms with E-state index >= 15 is 0 Å². The summed E-state index contributed by atoms with van der Waals surface area (Å²) in [5.74, 6) is -0.549. The van der Waals surface area contributed by atoms with Crippen LogP contribution in [-0.4, -0.2) is 36.9 Å². The maximum absolute atomic E-state index is 11.8. The average molecular weight is 288 g/mol. The van der Waals surface area contributed by atoms with Gasteiger partial charge < -0.3 is 14.6 Å². The quantitative estimate of drug-likeness (QED) is 0.520. The Morgan fingerprint density at radius 1 is 0.950 bits per heavy atom. The molecule has 0 radical (unpaired) electrons. The first-order valence-corrected chi connectivity index (χ1v) is 7.12.